The van der Waals surface area contributed by atoms with Crippen molar-refractivity contribution in [3.63, 3.8) is 0 Å². The molecule has 3 nitrogen and oxygen atoms in total. The van der Waals surface area contributed by atoms with Gasteiger partial charge >= 0.3 is 6.18 Å². The number of hydrogen-bond donors (Lipinski definition) is 0. The Morgan fingerprint density at radius 1 is 1.42 bits per heavy atom. The molecule has 0 heterocycles. The van der Waals surface area contributed by atoms with Gasteiger partial charge in [0.2, 0.25) is 0 Å². The third kappa shape index (κ3) is 5.95. The van der Waals surface area contributed by atoms with Gasteiger partial charge in [0.25, 0.3) is 0 Å². The quantitative estimate of drug-likeness (QED) is 0.711. The van der Waals surface area contributed by atoms with E-state index >= 15 is 0 Å². The number of halogens is 3. The average Bonchev–Trinajstić information content (AvgIpc) is 2.35. The molecule has 0 radical (unpaired) electrons. The van der Waals surface area contributed by atoms with E-state index < -0.39 is 12.6 Å². The summed E-state index contributed by atoms with van der Waals surface area (Å²) >= 11 is 0. The Labute approximate surface area is 111 Å². The Hall–Kier alpha value is -1.25. The molecule has 1 fully saturated rings. The smallest absolute Gasteiger partial charge is 0.389 e. The van der Waals surface area contributed by atoms with Gasteiger partial charge in [-0.2, -0.15) is 18.4 Å². The highest BCUT2D eigenvalue weighted by atomic mass is 19.4. The molecule has 0 N–H and O–H groups in total. The summed E-state index contributed by atoms with van der Waals surface area (Å²) in [6.07, 6.45) is -1.38. The molecule has 108 valence electrons. The van der Waals surface area contributed by atoms with Crippen LogP contribution in [0, 0.1) is 23.2 Å². The van der Waals surface area contributed by atoms with Crippen molar-refractivity contribution < 1.29 is 18.0 Å². The minimum absolute atomic E-state index is 0.0389. The minimum atomic E-state index is -4.12. The number of nitrogens with zero attached hydrogens (tertiary/aromatic N) is 2. The van der Waals surface area contributed by atoms with Crippen LogP contribution in [-0.4, -0.2) is 19.0 Å². The summed E-state index contributed by atoms with van der Waals surface area (Å²) in [5.41, 5.74) is 0.978. The molecule has 0 bridgehead atoms. The van der Waals surface area contributed by atoms with Crippen LogP contribution in [0.4, 0.5) is 13.2 Å². The first-order chi connectivity index (χ1) is 8.96. The Bertz CT molecular complexity index is 337. The van der Waals surface area contributed by atoms with E-state index in [1.807, 2.05) is 0 Å². The maximum Gasteiger partial charge on any atom is 0.389 e. The van der Waals surface area contributed by atoms with Crippen LogP contribution in [-0.2, 0) is 4.84 Å². The van der Waals surface area contributed by atoms with Crippen molar-refractivity contribution in [2.45, 2.75) is 51.1 Å². The van der Waals surface area contributed by atoms with E-state index in [4.69, 9.17) is 10.1 Å². The van der Waals surface area contributed by atoms with Crippen molar-refractivity contribution in [2.24, 2.45) is 17.0 Å². The van der Waals surface area contributed by atoms with E-state index in [0.29, 0.717) is 6.42 Å². The van der Waals surface area contributed by atoms with Crippen molar-refractivity contribution in [2.75, 3.05) is 7.11 Å². The maximum atomic E-state index is 12.1. The van der Waals surface area contributed by atoms with Crippen molar-refractivity contribution >= 4 is 5.71 Å². The van der Waals surface area contributed by atoms with E-state index in [2.05, 4.69) is 11.2 Å². The molecule has 1 aliphatic carbocycles. The number of oxime groups is 1. The van der Waals surface area contributed by atoms with Crippen molar-refractivity contribution in [1.82, 2.24) is 0 Å². The molecule has 1 unspecified atom stereocenters. The lowest BCUT2D eigenvalue weighted by Gasteiger charge is -2.26. The van der Waals surface area contributed by atoms with E-state index in [9.17, 15) is 13.2 Å². The van der Waals surface area contributed by atoms with Gasteiger partial charge in [0.15, 0.2) is 0 Å². The summed E-state index contributed by atoms with van der Waals surface area (Å²) in [5, 5.41) is 13.0. The van der Waals surface area contributed by atoms with Gasteiger partial charge in [-0.1, -0.05) is 5.16 Å². The zero-order valence-corrected chi connectivity index (χ0v) is 11.0. The van der Waals surface area contributed by atoms with Gasteiger partial charge in [0.05, 0.1) is 11.8 Å². The zero-order chi connectivity index (χ0) is 14.3. The maximum absolute atomic E-state index is 12.1. The van der Waals surface area contributed by atoms with Crippen LogP contribution in [0.25, 0.3) is 0 Å². The van der Waals surface area contributed by atoms with Crippen molar-refractivity contribution in [3.05, 3.63) is 0 Å². The minimum Gasteiger partial charge on any atom is -0.399 e. The van der Waals surface area contributed by atoms with Gasteiger partial charge in [-0.3, -0.25) is 0 Å². The molecular formula is C13H19F3N2O. The van der Waals surface area contributed by atoms with E-state index in [0.717, 1.165) is 31.4 Å². The molecule has 0 aromatic heterocycles. The van der Waals surface area contributed by atoms with Gasteiger partial charge in [-0.05, 0) is 44.4 Å². The van der Waals surface area contributed by atoms with Gasteiger partial charge in [-0.25, -0.2) is 0 Å². The molecule has 19 heavy (non-hydrogen) atoms. The fraction of sp³-hybridized carbons (Fsp3) is 0.846. The summed E-state index contributed by atoms with van der Waals surface area (Å²) < 4.78 is 36.2. The summed E-state index contributed by atoms with van der Waals surface area (Å²) in [4.78, 5) is 4.70. The molecule has 1 saturated carbocycles. The zero-order valence-electron chi connectivity index (χ0n) is 11.0. The van der Waals surface area contributed by atoms with E-state index in [-0.39, 0.29) is 18.3 Å². The fourth-order valence-electron chi connectivity index (χ4n) is 2.52. The first-order valence-electron chi connectivity index (χ1n) is 6.51. The standard InChI is InChI=1S/C13H19F3N2O/c1-19-18-12-6-4-10(5-7-12)11(9-17)3-2-8-13(14,15)16/h10-11H,2-8H2,1H3. The molecule has 1 aliphatic rings. The molecule has 0 aromatic rings. The SMILES string of the molecule is CON=C1CCC(C(C#N)CCCC(F)(F)F)CC1. The molecule has 0 aliphatic heterocycles. The molecule has 6 heteroatoms. The second-order valence-corrected chi connectivity index (χ2v) is 4.92. The third-order valence-electron chi connectivity index (χ3n) is 3.54. The number of rotatable bonds is 5. The lowest BCUT2D eigenvalue weighted by molar-refractivity contribution is -0.136. The van der Waals surface area contributed by atoms with Crippen LogP contribution < -0.4 is 0 Å². The second kappa shape index (κ2) is 7.37. The van der Waals surface area contributed by atoms with E-state index in [1.54, 1.807) is 0 Å². The summed E-state index contributed by atoms with van der Waals surface area (Å²) in [6.45, 7) is 0. The highest BCUT2D eigenvalue weighted by Gasteiger charge is 2.29. The topological polar surface area (TPSA) is 45.4 Å². The van der Waals surface area contributed by atoms with Crippen molar-refractivity contribution in [1.29, 1.82) is 5.26 Å². The van der Waals surface area contributed by atoms with Crippen LogP contribution in [0.5, 0.6) is 0 Å². The average molecular weight is 276 g/mol. The predicted octanol–water partition coefficient (Wildman–Crippen LogP) is 4.05. The highest BCUT2D eigenvalue weighted by molar-refractivity contribution is 5.84. The van der Waals surface area contributed by atoms with Gasteiger partial charge in [0, 0.05) is 12.3 Å². The first kappa shape index (κ1) is 15.8. The second-order valence-electron chi connectivity index (χ2n) is 4.92. The molecule has 0 saturated heterocycles. The summed E-state index contributed by atoms with van der Waals surface area (Å²) in [6, 6.07) is 2.17. The Morgan fingerprint density at radius 2 is 2.05 bits per heavy atom. The van der Waals surface area contributed by atoms with Gasteiger partial charge < -0.3 is 4.84 Å². The molecule has 1 rings (SSSR count). The van der Waals surface area contributed by atoms with Crippen LogP contribution in [0.3, 0.4) is 0 Å². The molecule has 1 atom stereocenters. The third-order valence-corrected chi connectivity index (χ3v) is 3.54. The largest absolute Gasteiger partial charge is 0.399 e. The molecular weight excluding hydrogens is 257 g/mol. The highest BCUT2D eigenvalue weighted by Crippen LogP contribution is 2.33. The van der Waals surface area contributed by atoms with E-state index in [1.165, 1.54) is 7.11 Å². The van der Waals surface area contributed by atoms with Crippen molar-refractivity contribution in [3.8, 4) is 6.07 Å². The predicted molar refractivity (Wildman–Crippen MR) is 65.4 cm³/mol. The number of hydrogen-bond acceptors (Lipinski definition) is 3. The number of alkyl halides is 3. The number of nitriles is 1. The van der Waals surface area contributed by atoms with Crippen LogP contribution in [0.15, 0.2) is 5.16 Å². The van der Waals surface area contributed by atoms with Crippen LogP contribution >= 0.6 is 0 Å². The van der Waals surface area contributed by atoms with Crippen LogP contribution in [0.2, 0.25) is 0 Å². The molecule has 0 spiro atoms. The van der Waals surface area contributed by atoms with Crippen LogP contribution in [0.1, 0.15) is 44.9 Å². The monoisotopic (exact) mass is 276 g/mol. The molecule has 0 amide bonds. The lowest BCUT2D eigenvalue weighted by atomic mass is 9.78. The Balaban J connectivity index is 2.37. The fourth-order valence-corrected chi connectivity index (χ4v) is 2.52. The normalized spacial score (nSPS) is 21.6. The first-order valence-corrected chi connectivity index (χ1v) is 6.51. The summed E-state index contributed by atoms with van der Waals surface area (Å²) in [5.74, 6) is -0.0829. The Kier molecular flexibility index (Phi) is 6.13. The van der Waals surface area contributed by atoms with Gasteiger partial charge in [0.1, 0.15) is 7.11 Å². The Morgan fingerprint density at radius 3 is 2.53 bits per heavy atom. The molecule has 0 aromatic carbocycles. The summed E-state index contributed by atoms with van der Waals surface area (Å²) in [7, 11) is 1.49. The lowest BCUT2D eigenvalue weighted by Crippen LogP contribution is -2.21. The van der Waals surface area contributed by atoms with Gasteiger partial charge in [-0.15, -0.1) is 0 Å².